The van der Waals surface area contributed by atoms with Gasteiger partial charge in [-0.1, -0.05) is 31.9 Å². The van der Waals surface area contributed by atoms with Crippen molar-refractivity contribution in [2.24, 2.45) is 16.6 Å². The van der Waals surface area contributed by atoms with Gasteiger partial charge in [0.05, 0.1) is 7.11 Å². The summed E-state index contributed by atoms with van der Waals surface area (Å²) in [5, 5.41) is 0. The Kier molecular flexibility index (Phi) is 6.56. The van der Waals surface area contributed by atoms with E-state index < -0.39 is 0 Å². The van der Waals surface area contributed by atoms with Crippen LogP contribution in [0.15, 0.2) is 29.3 Å². The topological polar surface area (TPSA) is 50.9 Å². The third-order valence-corrected chi connectivity index (χ3v) is 4.24. The quantitative estimate of drug-likeness (QED) is 0.672. The molecule has 1 aliphatic heterocycles. The van der Waals surface area contributed by atoms with E-state index in [1.807, 2.05) is 12.1 Å². The summed E-state index contributed by atoms with van der Waals surface area (Å²) in [5.41, 5.74) is 7.47. The van der Waals surface area contributed by atoms with Crippen LogP contribution in [0.2, 0.25) is 0 Å². The summed E-state index contributed by atoms with van der Waals surface area (Å²) in [6.45, 7) is 5.13. The zero-order valence-corrected chi connectivity index (χ0v) is 13.9. The molecule has 4 heteroatoms. The Morgan fingerprint density at radius 3 is 2.41 bits per heavy atom. The molecule has 1 saturated heterocycles. The molecule has 4 nitrogen and oxygen atoms in total. The minimum atomic E-state index is 0.485. The van der Waals surface area contributed by atoms with Crippen molar-refractivity contribution in [2.75, 3.05) is 26.7 Å². The highest BCUT2D eigenvalue weighted by Gasteiger charge is 2.11. The molecule has 1 atom stereocenters. The minimum absolute atomic E-state index is 0.485. The van der Waals surface area contributed by atoms with Crippen molar-refractivity contribution in [3.05, 3.63) is 29.8 Å². The predicted octanol–water partition coefficient (Wildman–Crippen LogP) is 3.06. The zero-order chi connectivity index (χ0) is 15.8. The van der Waals surface area contributed by atoms with Crippen molar-refractivity contribution in [3.8, 4) is 5.75 Å². The Morgan fingerprint density at radius 2 is 1.82 bits per heavy atom. The van der Waals surface area contributed by atoms with Gasteiger partial charge in [0.1, 0.15) is 5.75 Å². The summed E-state index contributed by atoms with van der Waals surface area (Å²) in [4.78, 5) is 6.86. The number of nitrogens with two attached hydrogens (primary N) is 1. The van der Waals surface area contributed by atoms with E-state index >= 15 is 0 Å². The second-order valence-electron chi connectivity index (χ2n) is 6.26. The van der Waals surface area contributed by atoms with E-state index in [0.29, 0.717) is 5.92 Å². The number of methoxy groups -OCH3 is 1. The number of benzene rings is 1. The molecule has 22 heavy (non-hydrogen) atoms. The van der Waals surface area contributed by atoms with Gasteiger partial charge < -0.3 is 15.4 Å². The second kappa shape index (κ2) is 8.66. The lowest BCUT2D eigenvalue weighted by Crippen LogP contribution is -2.38. The first-order chi connectivity index (χ1) is 10.7. The summed E-state index contributed by atoms with van der Waals surface area (Å²) in [6, 6.07) is 8.27. The molecule has 122 valence electrons. The fourth-order valence-electron chi connectivity index (χ4n) is 2.88. The predicted molar refractivity (Wildman–Crippen MR) is 92.4 cm³/mol. The van der Waals surface area contributed by atoms with Crippen LogP contribution in [-0.2, 0) is 6.42 Å². The lowest BCUT2D eigenvalue weighted by Gasteiger charge is -2.21. The molecule has 0 radical (unpaired) electrons. The van der Waals surface area contributed by atoms with E-state index in [1.54, 1.807) is 7.11 Å². The first kappa shape index (κ1) is 16.7. The lowest BCUT2D eigenvalue weighted by atomic mass is 10.0. The van der Waals surface area contributed by atoms with Crippen molar-refractivity contribution in [1.82, 2.24) is 4.90 Å². The smallest absolute Gasteiger partial charge is 0.191 e. The first-order valence-corrected chi connectivity index (χ1v) is 8.37. The molecule has 1 aromatic carbocycles. The standard InChI is InChI=1S/C18H29N3O/c1-15(13-16-7-9-17(22-2)10-8-16)14-20-18(19)21-11-5-3-4-6-12-21/h7-10,15H,3-6,11-14H2,1-2H3,(H2,19,20). The molecule has 2 rings (SSSR count). The molecule has 1 aromatic rings. The summed E-state index contributed by atoms with van der Waals surface area (Å²) in [5.74, 6) is 2.11. The monoisotopic (exact) mass is 303 g/mol. The third-order valence-electron chi connectivity index (χ3n) is 4.24. The summed E-state index contributed by atoms with van der Waals surface area (Å²) in [6.07, 6.45) is 6.12. The van der Waals surface area contributed by atoms with Gasteiger partial charge in [0.2, 0.25) is 0 Å². The molecule has 1 aliphatic rings. The molecule has 0 aliphatic carbocycles. The number of ether oxygens (including phenoxy) is 1. The average Bonchev–Trinajstić information content (AvgIpc) is 2.82. The van der Waals surface area contributed by atoms with Crippen LogP contribution < -0.4 is 10.5 Å². The van der Waals surface area contributed by atoms with Gasteiger partial charge >= 0.3 is 0 Å². The maximum Gasteiger partial charge on any atom is 0.191 e. The number of hydrogen-bond donors (Lipinski definition) is 1. The van der Waals surface area contributed by atoms with Crippen LogP contribution >= 0.6 is 0 Å². The molecule has 0 spiro atoms. The van der Waals surface area contributed by atoms with Crippen molar-refractivity contribution >= 4 is 5.96 Å². The molecule has 0 bridgehead atoms. The number of nitrogens with zero attached hydrogens (tertiary/aromatic N) is 2. The summed E-state index contributed by atoms with van der Waals surface area (Å²) < 4.78 is 5.19. The van der Waals surface area contributed by atoms with Crippen molar-refractivity contribution in [2.45, 2.75) is 39.0 Å². The van der Waals surface area contributed by atoms with Crippen LogP contribution in [0.4, 0.5) is 0 Å². The fraction of sp³-hybridized carbons (Fsp3) is 0.611. The van der Waals surface area contributed by atoms with Gasteiger partial charge in [0.25, 0.3) is 0 Å². The van der Waals surface area contributed by atoms with E-state index in [-0.39, 0.29) is 0 Å². The number of aliphatic imine (C=N–C) groups is 1. The van der Waals surface area contributed by atoms with Crippen molar-refractivity contribution in [3.63, 3.8) is 0 Å². The van der Waals surface area contributed by atoms with E-state index in [2.05, 4.69) is 28.9 Å². The molecular weight excluding hydrogens is 274 g/mol. The van der Waals surface area contributed by atoms with E-state index in [4.69, 9.17) is 10.5 Å². The molecule has 1 unspecified atom stereocenters. The van der Waals surface area contributed by atoms with Gasteiger partial charge in [-0.25, -0.2) is 0 Å². The Hall–Kier alpha value is -1.71. The van der Waals surface area contributed by atoms with Crippen LogP contribution in [0.1, 0.15) is 38.2 Å². The SMILES string of the molecule is COc1ccc(CC(C)CN=C(N)N2CCCCCC2)cc1. The van der Waals surface area contributed by atoms with Gasteiger partial charge in [-0.3, -0.25) is 4.99 Å². The highest BCUT2D eigenvalue weighted by molar-refractivity contribution is 5.78. The lowest BCUT2D eigenvalue weighted by molar-refractivity contribution is 0.414. The fourth-order valence-corrected chi connectivity index (χ4v) is 2.88. The maximum atomic E-state index is 6.16. The first-order valence-electron chi connectivity index (χ1n) is 8.37. The second-order valence-corrected chi connectivity index (χ2v) is 6.26. The van der Waals surface area contributed by atoms with Gasteiger partial charge in [-0.05, 0) is 42.9 Å². The Morgan fingerprint density at radius 1 is 1.18 bits per heavy atom. The van der Waals surface area contributed by atoms with Gasteiger partial charge in [0.15, 0.2) is 5.96 Å². The Balaban J connectivity index is 1.82. The molecule has 0 saturated carbocycles. The van der Waals surface area contributed by atoms with Gasteiger partial charge in [-0.2, -0.15) is 0 Å². The van der Waals surface area contributed by atoms with Crippen molar-refractivity contribution in [1.29, 1.82) is 0 Å². The molecule has 1 fully saturated rings. The van der Waals surface area contributed by atoms with Gasteiger partial charge in [-0.15, -0.1) is 0 Å². The number of hydrogen-bond acceptors (Lipinski definition) is 2. The largest absolute Gasteiger partial charge is 0.497 e. The van der Waals surface area contributed by atoms with Crippen LogP contribution in [0.5, 0.6) is 5.75 Å². The van der Waals surface area contributed by atoms with Crippen LogP contribution in [0.3, 0.4) is 0 Å². The molecular formula is C18H29N3O. The Labute approximate surface area is 134 Å². The summed E-state index contributed by atoms with van der Waals surface area (Å²) in [7, 11) is 1.69. The van der Waals surface area contributed by atoms with Crippen LogP contribution in [0.25, 0.3) is 0 Å². The molecule has 0 amide bonds. The van der Waals surface area contributed by atoms with E-state index in [9.17, 15) is 0 Å². The molecule has 1 heterocycles. The highest BCUT2D eigenvalue weighted by atomic mass is 16.5. The summed E-state index contributed by atoms with van der Waals surface area (Å²) >= 11 is 0. The highest BCUT2D eigenvalue weighted by Crippen LogP contribution is 2.15. The number of guanidine groups is 1. The Bertz CT molecular complexity index is 462. The zero-order valence-electron chi connectivity index (χ0n) is 13.9. The van der Waals surface area contributed by atoms with E-state index in [0.717, 1.165) is 37.8 Å². The third kappa shape index (κ3) is 5.24. The normalized spacial score (nSPS) is 17.9. The van der Waals surface area contributed by atoms with Crippen LogP contribution in [0, 0.1) is 5.92 Å². The van der Waals surface area contributed by atoms with E-state index in [1.165, 1.54) is 31.2 Å². The molecule has 2 N–H and O–H groups in total. The minimum Gasteiger partial charge on any atom is -0.497 e. The molecule has 0 aromatic heterocycles. The average molecular weight is 303 g/mol. The van der Waals surface area contributed by atoms with Crippen molar-refractivity contribution < 1.29 is 4.74 Å². The van der Waals surface area contributed by atoms with Crippen LogP contribution in [-0.4, -0.2) is 37.6 Å². The number of likely N-dealkylation sites (tertiary alicyclic amines) is 1. The van der Waals surface area contributed by atoms with Gasteiger partial charge in [0, 0.05) is 19.6 Å². The maximum absolute atomic E-state index is 6.16. The number of rotatable bonds is 5.